The van der Waals surface area contributed by atoms with E-state index in [1.165, 1.54) is 5.56 Å². The number of imidazole rings is 1. The number of nitrogens with one attached hydrogen (secondary N) is 1. The summed E-state index contributed by atoms with van der Waals surface area (Å²) in [5.41, 5.74) is 5.45. The Morgan fingerprint density at radius 3 is 2.71 bits per heavy atom. The zero-order valence-electron chi connectivity index (χ0n) is 17.0. The van der Waals surface area contributed by atoms with Gasteiger partial charge in [-0.15, -0.1) is 0 Å². The van der Waals surface area contributed by atoms with Crippen LogP contribution in [0.3, 0.4) is 0 Å². The van der Waals surface area contributed by atoms with Crippen molar-refractivity contribution in [2.45, 2.75) is 33.6 Å². The lowest BCUT2D eigenvalue weighted by Gasteiger charge is -2.45. The minimum Gasteiger partial charge on any atom is -0.341 e. The molecule has 1 aromatic carbocycles. The molecule has 0 unspecified atom stereocenters. The molecule has 1 fully saturated rings. The maximum Gasteiger partial charge on any atom is 0.227 e. The lowest BCUT2D eigenvalue weighted by Crippen LogP contribution is -2.55. The molecule has 2 aromatic heterocycles. The van der Waals surface area contributed by atoms with Gasteiger partial charge in [-0.1, -0.05) is 32.9 Å². The van der Waals surface area contributed by atoms with E-state index in [-0.39, 0.29) is 11.3 Å². The summed E-state index contributed by atoms with van der Waals surface area (Å²) in [4.78, 5) is 23.2. The summed E-state index contributed by atoms with van der Waals surface area (Å²) in [6.07, 6.45) is 4.92. The standard InChI is InChI=1S/C22H27N5O/c1-5-16-8-15(9-21(28)27-12-22(2,3)13-27)6-7-17(16)25-20-10-19-18(11-23-20)24-14-26(19)4/h6-8,10-11,14H,5,9,12-13H2,1-4H3,(H,23,25). The second-order valence-corrected chi connectivity index (χ2v) is 8.47. The van der Waals surface area contributed by atoms with Gasteiger partial charge in [-0.3, -0.25) is 4.79 Å². The van der Waals surface area contributed by atoms with Crippen LogP contribution in [0.1, 0.15) is 31.9 Å². The third-order valence-electron chi connectivity index (χ3n) is 5.37. The van der Waals surface area contributed by atoms with Gasteiger partial charge < -0.3 is 14.8 Å². The monoisotopic (exact) mass is 377 g/mol. The van der Waals surface area contributed by atoms with Gasteiger partial charge in [0, 0.05) is 31.9 Å². The van der Waals surface area contributed by atoms with E-state index in [2.05, 4.69) is 48.2 Å². The maximum atomic E-state index is 12.5. The lowest BCUT2D eigenvalue weighted by molar-refractivity contribution is -0.140. The predicted molar refractivity (Wildman–Crippen MR) is 112 cm³/mol. The number of rotatable bonds is 5. The highest BCUT2D eigenvalue weighted by atomic mass is 16.2. The summed E-state index contributed by atoms with van der Waals surface area (Å²) in [7, 11) is 1.97. The molecule has 1 aliphatic heterocycles. The second kappa shape index (κ2) is 6.93. The minimum absolute atomic E-state index is 0.213. The number of anilines is 2. The van der Waals surface area contributed by atoms with Crippen molar-refractivity contribution in [1.29, 1.82) is 0 Å². The van der Waals surface area contributed by atoms with Crippen LogP contribution >= 0.6 is 0 Å². The summed E-state index contributed by atoms with van der Waals surface area (Å²) in [5, 5.41) is 3.42. The van der Waals surface area contributed by atoms with Crippen molar-refractivity contribution in [1.82, 2.24) is 19.4 Å². The first-order valence-corrected chi connectivity index (χ1v) is 9.78. The van der Waals surface area contributed by atoms with Gasteiger partial charge in [0.25, 0.3) is 0 Å². The van der Waals surface area contributed by atoms with E-state index in [4.69, 9.17) is 0 Å². The Kier molecular flexibility index (Phi) is 4.57. The molecule has 6 nitrogen and oxygen atoms in total. The van der Waals surface area contributed by atoms with Crippen molar-refractivity contribution >= 4 is 28.4 Å². The van der Waals surface area contributed by atoms with E-state index in [9.17, 15) is 4.79 Å². The number of hydrogen-bond donors (Lipinski definition) is 1. The number of likely N-dealkylation sites (tertiary alicyclic amines) is 1. The average Bonchev–Trinajstić information content (AvgIpc) is 3.01. The van der Waals surface area contributed by atoms with Gasteiger partial charge in [-0.2, -0.15) is 0 Å². The first-order chi connectivity index (χ1) is 13.3. The fourth-order valence-corrected chi connectivity index (χ4v) is 3.86. The summed E-state index contributed by atoms with van der Waals surface area (Å²) in [6.45, 7) is 8.23. The van der Waals surface area contributed by atoms with Crippen LogP contribution in [-0.2, 0) is 24.7 Å². The van der Waals surface area contributed by atoms with Gasteiger partial charge >= 0.3 is 0 Å². The first kappa shape index (κ1) is 18.5. The Hall–Kier alpha value is -2.89. The Balaban J connectivity index is 1.50. The summed E-state index contributed by atoms with van der Waals surface area (Å²) in [5.74, 6) is 1.00. The summed E-state index contributed by atoms with van der Waals surface area (Å²) in [6, 6.07) is 8.22. The van der Waals surface area contributed by atoms with Crippen molar-refractivity contribution in [3.05, 3.63) is 47.9 Å². The van der Waals surface area contributed by atoms with E-state index < -0.39 is 0 Å². The molecule has 0 bridgehead atoms. The SMILES string of the molecule is CCc1cc(CC(=O)N2CC(C)(C)C2)ccc1Nc1cc2c(cn1)ncn2C. The molecule has 3 aromatic rings. The van der Waals surface area contributed by atoms with Gasteiger partial charge in [-0.05, 0) is 29.0 Å². The smallest absolute Gasteiger partial charge is 0.227 e. The number of aryl methyl sites for hydroxylation is 2. The van der Waals surface area contributed by atoms with Crippen molar-refractivity contribution < 1.29 is 4.79 Å². The quantitative estimate of drug-likeness (QED) is 0.737. The molecule has 0 spiro atoms. The number of benzene rings is 1. The predicted octanol–water partition coefficient (Wildman–Crippen LogP) is 3.69. The Bertz CT molecular complexity index is 1030. The van der Waals surface area contributed by atoms with Crippen LogP contribution in [0.4, 0.5) is 11.5 Å². The fraction of sp³-hybridized carbons (Fsp3) is 0.409. The van der Waals surface area contributed by atoms with Gasteiger partial charge in [0.2, 0.25) is 5.91 Å². The number of pyridine rings is 1. The van der Waals surface area contributed by atoms with Crippen LogP contribution in [0, 0.1) is 5.41 Å². The van der Waals surface area contributed by atoms with Crippen LogP contribution in [0.2, 0.25) is 0 Å². The number of nitrogens with zero attached hydrogens (tertiary/aromatic N) is 4. The summed E-state index contributed by atoms with van der Waals surface area (Å²) < 4.78 is 1.98. The molecule has 146 valence electrons. The number of aromatic nitrogens is 3. The van der Waals surface area contributed by atoms with Crippen molar-refractivity contribution in [2.24, 2.45) is 12.5 Å². The van der Waals surface area contributed by atoms with Crippen molar-refractivity contribution in [3.8, 4) is 0 Å². The van der Waals surface area contributed by atoms with E-state index in [0.29, 0.717) is 6.42 Å². The highest BCUT2D eigenvalue weighted by Gasteiger charge is 2.36. The summed E-state index contributed by atoms with van der Waals surface area (Å²) >= 11 is 0. The first-order valence-electron chi connectivity index (χ1n) is 9.78. The molecule has 3 heterocycles. The Morgan fingerprint density at radius 2 is 2.00 bits per heavy atom. The third kappa shape index (κ3) is 3.59. The minimum atomic E-state index is 0.213. The molecule has 4 rings (SSSR count). The van der Waals surface area contributed by atoms with Crippen LogP contribution in [0.5, 0.6) is 0 Å². The highest BCUT2D eigenvalue weighted by Crippen LogP contribution is 2.29. The molecular weight excluding hydrogens is 350 g/mol. The fourth-order valence-electron chi connectivity index (χ4n) is 3.86. The third-order valence-corrected chi connectivity index (χ3v) is 5.37. The van der Waals surface area contributed by atoms with Crippen molar-refractivity contribution in [2.75, 3.05) is 18.4 Å². The maximum absolute atomic E-state index is 12.5. The molecule has 0 saturated carbocycles. The number of fused-ring (bicyclic) bond motifs is 1. The molecule has 1 amide bonds. The molecule has 1 aliphatic rings. The number of amides is 1. The molecular formula is C22H27N5O. The number of hydrogen-bond acceptors (Lipinski definition) is 4. The Labute approximate surface area is 165 Å². The number of carbonyl (C=O) groups is 1. The van der Waals surface area contributed by atoms with E-state index in [0.717, 1.165) is 47.6 Å². The van der Waals surface area contributed by atoms with E-state index in [1.807, 2.05) is 28.6 Å². The zero-order valence-corrected chi connectivity index (χ0v) is 17.0. The topological polar surface area (TPSA) is 63.1 Å². The van der Waals surface area contributed by atoms with Gasteiger partial charge in [0.05, 0.1) is 24.5 Å². The molecule has 1 N–H and O–H groups in total. The molecule has 0 atom stereocenters. The van der Waals surface area contributed by atoms with E-state index in [1.54, 1.807) is 12.5 Å². The highest BCUT2D eigenvalue weighted by molar-refractivity contribution is 5.81. The molecule has 0 aliphatic carbocycles. The zero-order chi connectivity index (χ0) is 19.9. The van der Waals surface area contributed by atoms with Crippen LogP contribution < -0.4 is 5.32 Å². The van der Waals surface area contributed by atoms with Gasteiger partial charge in [0.15, 0.2) is 0 Å². The Morgan fingerprint density at radius 1 is 1.21 bits per heavy atom. The molecule has 1 saturated heterocycles. The van der Waals surface area contributed by atoms with E-state index >= 15 is 0 Å². The number of carbonyl (C=O) groups excluding carboxylic acids is 1. The van der Waals surface area contributed by atoms with Crippen molar-refractivity contribution in [3.63, 3.8) is 0 Å². The lowest BCUT2D eigenvalue weighted by atomic mass is 9.84. The largest absolute Gasteiger partial charge is 0.341 e. The molecule has 0 radical (unpaired) electrons. The van der Waals surface area contributed by atoms with Gasteiger partial charge in [0.1, 0.15) is 11.3 Å². The normalized spacial score (nSPS) is 15.5. The molecule has 28 heavy (non-hydrogen) atoms. The van der Waals surface area contributed by atoms with Crippen LogP contribution in [0.25, 0.3) is 11.0 Å². The van der Waals surface area contributed by atoms with Crippen LogP contribution in [-0.4, -0.2) is 38.4 Å². The van der Waals surface area contributed by atoms with Gasteiger partial charge in [-0.25, -0.2) is 9.97 Å². The van der Waals surface area contributed by atoms with Crippen LogP contribution in [0.15, 0.2) is 36.8 Å². The average molecular weight is 377 g/mol. The second-order valence-electron chi connectivity index (χ2n) is 8.47. The molecule has 6 heteroatoms.